The van der Waals surface area contributed by atoms with Crippen LogP contribution in [0.2, 0.25) is 0 Å². The van der Waals surface area contributed by atoms with Gasteiger partial charge in [-0.25, -0.2) is 14.8 Å². The molecule has 2 heterocycles. The number of carboxylic acid groups (broad SMARTS) is 1. The van der Waals surface area contributed by atoms with Crippen LogP contribution in [0.4, 0.5) is 11.5 Å². The molecule has 2 N–H and O–H groups in total. The SMILES string of the molecule is O=C(O)c1cnc(N2CCC(C(=O)Nc3ccccc3)CC2)cn1. The molecule has 0 unspecified atom stereocenters. The number of carbonyl (C=O) groups excluding carboxylic acids is 1. The van der Waals surface area contributed by atoms with Gasteiger partial charge in [0.05, 0.1) is 12.4 Å². The molecule has 3 rings (SSSR count). The molecule has 0 saturated carbocycles. The Morgan fingerprint density at radius 3 is 2.38 bits per heavy atom. The zero-order valence-corrected chi connectivity index (χ0v) is 13.1. The van der Waals surface area contributed by atoms with Crippen molar-refractivity contribution in [3.05, 3.63) is 48.4 Å². The van der Waals surface area contributed by atoms with Crippen LogP contribution in [-0.4, -0.2) is 40.0 Å². The van der Waals surface area contributed by atoms with E-state index in [0.29, 0.717) is 18.9 Å². The molecular weight excluding hydrogens is 308 g/mol. The van der Waals surface area contributed by atoms with Crippen LogP contribution in [0.1, 0.15) is 23.3 Å². The molecular formula is C17H18N4O3. The molecule has 7 heteroatoms. The number of carbonyl (C=O) groups is 2. The first-order valence-corrected chi connectivity index (χ1v) is 7.79. The molecule has 0 aliphatic carbocycles. The molecule has 1 fully saturated rings. The van der Waals surface area contributed by atoms with Gasteiger partial charge in [0.2, 0.25) is 5.91 Å². The second kappa shape index (κ2) is 7.08. The molecule has 0 spiro atoms. The summed E-state index contributed by atoms with van der Waals surface area (Å²) in [5.74, 6) is -0.451. The Bertz CT molecular complexity index is 710. The summed E-state index contributed by atoms with van der Waals surface area (Å²) in [6.45, 7) is 1.38. The average Bonchev–Trinajstić information content (AvgIpc) is 2.63. The number of hydrogen-bond donors (Lipinski definition) is 2. The Morgan fingerprint density at radius 2 is 1.79 bits per heavy atom. The highest BCUT2D eigenvalue weighted by Crippen LogP contribution is 2.22. The van der Waals surface area contributed by atoms with E-state index in [2.05, 4.69) is 15.3 Å². The Labute approximate surface area is 139 Å². The van der Waals surface area contributed by atoms with E-state index in [-0.39, 0.29) is 17.5 Å². The van der Waals surface area contributed by atoms with Gasteiger partial charge in [-0.1, -0.05) is 18.2 Å². The largest absolute Gasteiger partial charge is 0.476 e. The maximum Gasteiger partial charge on any atom is 0.356 e. The van der Waals surface area contributed by atoms with Crippen LogP contribution >= 0.6 is 0 Å². The number of para-hydroxylation sites is 1. The van der Waals surface area contributed by atoms with Crippen molar-refractivity contribution in [2.24, 2.45) is 5.92 Å². The highest BCUT2D eigenvalue weighted by molar-refractivity contribution is 5.92. The second-order valence-corrected chi connectivity index (χ2v) is 5.68. The fourth-order valence-electron chi connectivity index (χ4n) is 2.73. The zero-order valence-electron chi connectivity index (χ0n) is 13.1. The summed E-state index contributed by atoms with van der Waals surface area (Å²) in [5.41, 5.74) is 0.732. The van der Waals surface area contributed by atoms with Crippen LogP contribution in [0.3, 0.4) is 0 Å². The van der Waals surface area contributed by atoms with Gasteiger partial charge < -0.3 is 15.3 Å². The maximum absolute atomic E-state index is 12.3. The van der Waals surface area contributed by atoms with Gasteiger partial charge in [-0.15, -0.1) is 0 Å². The van der Waals surface area contributed by atoms with E-state index in [4.69, 9.17) is 5.11 Å². The first-order valence-electron chi connectivity index (χ1n) is 7.79. The standard InChI is InChI=1S/C17H18N4O3/c22-16(20-13-4-2-1-3-5-13)12-6-8-21(9-7-12)15-11-18-14(10-19-15)17(23)24/h1-5,10-12H,6-9H2,(H,20,22)(H,23,24). The minimum absolute atomic E-state index is 0.0345. The van der Waals surface area contributed by atoms with Crippen LogP contribution in [-0.2, 0) is 4.79 Å². The van der Waals surface area contributed by atoms with Crippen molar-refractivity contribution in [2.75, 3.05) is 23.3 Å². The van der Waals surface area contributed by atoms with E-state index in [1.54, 1.807) is 0 Å². The molecule has 7 nitrogen and oxygen atoms in total. The number of nitrogens with one attached hydrogen (secondary N) is 1. The molecule has 1 saturated heterocycles. The quantitative estimate of drug-likeness (QED) is 0.892. The normalized spacial score (nSPS) is 15.1. The van der Waals surface area contributed by atoms with Gasteiger partial charge in [-0.2, -0.15) is 0 Å². The molecule has 24 heavy (non-hydrogen) atoms. The highest BCUT2D eigenvalue weighted by atomic mass is 16.4. The van der Waals surface area contributed by atoms with Gasteiger partial charge in [0.25, 0.3) is 0 Å². The van der Waals surface area contributed by atoms with Crippen LogP contribution in [0.25, 0.3) is 0 Å². The summed E-state index contributed by atoms with van der Waals surface area (Å²) in [4.78, 5) is 33.1. The highest BCUT2D eigenvalue weighted by Gasteiger charge is 2.25. The van der Waals surface area contributed by atoms with Crippen LogP contribution < -0.4 is 10.2 Å². The molecule has 0 radical (unpaired) electrons. The number of nitrogens with zero attached hydrogens (tertiary/aromatic N) is 3. The average molecular weight is 326 g/mol. The number of aromatic nitrogens is 2. The molecule has 1 aliphatic rings. The number of amides is 1. The summed E-state index contributed by atoms with van der Waals surface area (Å²) < 4.78 is 0. The minimum atomic E-state index is -1.09. The number of aromatic carboxylic acids is 1. The lowest BCUT2D eigenvalue weighted by Gasteiger charge is -2.31. The van der Waals surface area contributed by atoms with E-state index in [9.17, 15) is 9.59 Å². The smallest absolute Gasteiger partial charge is 0.356 e. The Hall–Kier alpha value is -2.96. The molecule has 1 aromatic heterocycles. The number of carboxylic acids is 1. The van der Waals surface area contributed by atoms with Crippen molar-refractivity contribution in [3.8, 4) is 0 Å². The third-order valence-corrected chi connectivity index (χ3v) is 4.09. The van der Waals surface area contributed by atoms with Gasteiger partial charge >= 0.3 is 5.97 Å². The monoisotopic (exact) mass is 326 g/mol. The van der Waals surface area contributed by atoms with E-state index < -0.39 is 5.97 Å². The van der Waals surface area contributed by atoms with E-state index in [0.717, 1.165) is 18.5 Å². The van der Waals surface area contributed by atoms with Crippen molar-refractivity contribution < 1.29 is 14.7 Å². The van der Waals surface area contributed by atoms with E-state index in [1.807, 2.05) is 35.2 Å². The second-order valence-electron chi connectivity index (χ2n) is 5.68. The van der Waals surface area contributed by atoms with Gasteiger partial charge in [-0.05, 0) is 25.0 Å². The Kier molecular flexibility index (Phi) is 4.69. The lowest BCUT2D eigenvalue weighted by molar-refractivity contribution is -0.120. The summed E-state index contributed by atoms with van der Waals surface area (Å²) in [7, 11) is 0. The predicted octanol–water partition coefficient (Wildman–Crippen LogP) is 2.03. The fourth-order valence-corrected chi connectivity index (χ4v) is 2.73. The molecule has 0 atom stereocenters. The van der Waals surface area contributed by atoms with Crippen molar-refractivity contribution >= 4 is 23.4 Å². The molecule has 124 valence electrons. The number of piperidine rings is 1. The van der Waals surface area contributed by atoms with Gasteiger partial charge in [0.1, 0.15) is 5.82 Å². The van der Waals surface area contributed by atoms with Crippen LogP contribution in [0, 0.1) is 5.92 Å². The minimum Gasteiger partial charge on any atom is -0.476 e. The third kappa shape index (κ3) is 3.68. The lowest BCUT2D eigenvalue weighted by atomic mass is 9.96. The van der Waals surface area contributed by atoms with Crippen molar-refractivity contribution in [3.63, 3.8) is 0 Å². The molecule has 1 aliphatic heterocycles. The first kappa shape index (κ1) is 15.9. The van der Waals surface area contributed by atoms with Crippen LogP contribution in [0.15, 0.2) is 42.7 Å². The Morgan fingerprint density at radius 1 is 1.08 bits per heavy atom. The van der Waals surface area contributed by atoms with E-state index >= 15 is 0 Å². The van der Waals surface area contributed by atoms with Crippen LogP contribution in [0.5, 0.6) is 0 Å². The van der Waals surface area contributed by atoms with Crippen molar-refractivity contribution in [1.82, 2.24) is 9.97 Å². The van der Waals surface area contributed by atoms with E-state index in [1.165, 1.54) is 12.4 Å². The summed E-state index contributed by atoms with van der Waals surface area (Å²) >= 11 is 0. The third-order valence-electron chi connectivity index (χ3n) is 4.09. The fraction of sp³-hybridized carbons (Fsp3) is 0.294. The molecule has 1 amide bonds. The maximum atomic E-state index is 12.3. The van der Waals surface area contributed by atoms with Crippen molar-refractivity contribution in [2.45, 2.75) is 12.8 Å². The van der Waals surface area contributed by atoms with Gasteiger partial charge in [0.15, 0.2) is 5.69 Å². The number of anilines is 2. The predicted molar refractivity (Wildman–Crippen MR) is 89.0 cm³/mol. The molecule has 0 bridgehead atoms. The zero-order chi connectivity index (χ0) is 16.9. The first-order chi connectivity index (χ1) is 11.6. The van der Waals surface area contributed by atoms with Gasteiger partial charge in [-0.3, -0.25) is 4.79 Å². The van der Waals surface area contributed by atoms with Gasteiger partial charge in [0, 0.05) is 24.7 Å². The number of rotatable bonds is 4. The lowest BCUT2D eigenvalue weighted by Crippen LogP contribution is -2.38. The molecule has 2 aromatic rings. The number of benzene rings is 1. The number of hydrogen-bond acceptors (Lipinski definition) is 5. The summed E-state index contributed by atoms with van der Waals surface area (Å²) in [5, 5.41) is 11.8. The molecule has 1 aromatic carbocycles. The van der Waals surface area contributed by atoms with Crippen molar-refractivity contribution in [1.29, 1.82) is 0 Å². The summed E-state index contributed by atoms with van der Waals surface area (Å²) in [6, 6.07) is 9.42. The topological polar surface area (TPSA) is 95.4 Å². The Balaban J connectivity index is 1.55. The summed E-state index contributed by atoms with van der Waals surface area (Å²) in [6.07, 6.45) is 4.17.